The maximum atomic E-state index is 11.5. The molecule has 0 saturated heterocycles. The van der Waals surface area contributed by atoms with Gasteiger partial charge >= 0.3 is 5.97 Å². The fourth-order valence-electron chi connectivity index (χ4n) is 3.59. The van der Waals surface area contributed by atoms with E-state index >= 15 is 0 Å². The molecule has 0 saturated carbocycles. The van der Waals surface area contributed by atoms with Crippen molar-refractivity contribution in [1.29, 1.82) is 0 Å². The highest BCUT2D eigenvalue weighted by molar-refractivity contribution is 6.37. The molecule has 3 aromatic rings. The number of carbonyl (C=O) groups excluding carboxylic acids is 1. The predicted molar refractivity (Wildman–Crippen MR) is 141 cm³/mol. The molecule has 0 aliphatic heterocycles. The van der Waals surface area contributed by atoms with Crippen molar-refractivity contribution in [3.8, 4) is 11.5 Å². The number of ether oxygens (including phenoxy) is 3. The number of nitrogens with zero attached hydrogens (tertiary/aromatic N) is 2. The summed E-state index contributed by atoms with van der Waals surface area (Å²) in [7, 11) is 0. The fourth-order valence-corrected chi connectivity index (χ4v) is 4.28. The van der Waals surface area contributed by atoms with Crippen molar-refractivity contribution in [1.82, 2.24) is 9.55 Å². The number of carbonyl (C=O) groups is 1. The molecule has 0 amide bonds. The van der Waals surface area contributed by atoms with Crippen molar-refractivity contribution in [3.63, 3.8) is 0 Å². The van der Waals surface area contributed by atoms with E-state index in [0.29, 0.717) is 28.1 Å². The molecule has 0 aliphatic rings. The van der Waals surface area contributed by atoms with E-state index in [9.17, 15) is 9.90 Å². The van der Waals surface area contributed by atoms with Crippen LogP contribution in [0.3, 0.4) is 0 Å². The molecule has 0 spiro atoms. The highest BCUT2D eigenvalue weighted by Crippen LogP contribution is 2.40. The van der Waals surface area contributed by atoms with Crippen LogP contribution in [0.2, 0.25) is 10.0 Å². The Kier molecular flexibility index (Phi) is 9.91. The summed E-state index contributed by atoms with van der Waals surface area (Å²) in [5.74, 6) is 0.637. The molecule has 1 aromatic heterocycles. The number of benzene rings is 2. The van der Waals surface area contributed by atoms with E-state index in [2.05, 4.69) is 18.8 Å². The molecule has 0 aliphatic carbocycles. The van der Waals surface area contributed by atoms with E-state index < -0.39 is 17.6 Å². The molecule has 36 heavy (non-hydrogen) atoms. The van der Waals surface area contributed by atoms with Crippen LogP contribution in [-0.4, -0.2) is 51.9 Å². The lowest BCUT2D eigenvalue weighted by Crippen LogP contribution is -2.28. The van der Waals surface area contributed by atoms with Crippen molar-refractivity contribution < 1.29 is 24.1 Å². The summed E-state index contributed by atoms with van der Waals surface area (Å²) in [6.07, 6.45) is 3.86. The first-order valence-corrected chi connectivity index (χ1v) is 12.6. The summed E-state index contributed by atoms with van der Waals surface area (Å²) < 4.78 is 18.7. The molecule has 0 unspecified atom stereocenters. The van der Waals surface area contributed by atoms with Crippen LogP contribution < -0.4 is 9.47 Å². The summed E-state index contributed by atoms with van der Waals surface area (Å²) in [6, 6.07) is 11.3. The van der Waals surface area contributed by atoms with E-state index in [1.54, 1.807) is 30.9 Å². The summed E-state index contributed by atoms with van der Waals surface area (Å²) in [5.41, 5.74) is 1.48. The smallest absolute Gasteiger partial charge is 0.303 e. The van der Waals surface area contributed by atoms with Gasteiger partial charge in [-0.25, -0.2) is 4.98 Å². The summed E-state index contributed by atoms with van der Waals surface area (Å²) in [5, 5.41) is 10.3. The average Bonchev–Trinajstić information content (AvgIpc) is 3.34. The normalized spacial score (nSPS) is 13.2. The van der Waals surface area contributed by atoms with Crippen LogP contribution in [0.15, 0.2) is 55.1 Å². The van der Waals surface area contributed by atoms with Crippen LogP contribution in [0.5, 0.6) is 11.5 Å². The third-order valence-corrected chi connectivity index (χ3v) is 6.55. The summed E-state index contributed by atoms with van der Waals surface area (Å²) >= 11 is 18.5. The molecule has 0 bridgehead atoms. The first kappa shape index (κ1) is 28.1. The van der Waals surface area contributed by atoms with Gasteiger partial charge in [0.05, 0.1) is 28.8 Å². The summed E-state index contributed by atoms with van der Waals surface area (Å²) in [4.78, 5) is 15.5. The molecule has 194 valence electrons. The standard InChI is InChI=1S/C26H29Cl3N2O5/c1-17(32)36-22(13-31-9-8-30-16-31)15-34-21-6-4-18(5-7-21)26(2,3)19-10-23(28)25(24(29)11-19)35-14-20(33)12-27/h4-11,16,20,22,33H,12-15H2,1-3H3/t20-,22-/m1/s1. The number of esters is 1. The molecule has 1 heterocycles. The second-order valence-corrected chi connectivity index (χ2v) is 9.96. The van der Waals surface area contributed by atoms with Crippen LogP contribution >= 0.6 is 34.8 Å². The van der Waals surface area contributed by atoms with Gasteiger partial charge in [-0.2, -0.15) is 0 Å². The van der Waals surface area contributed by atoms with Gasteiger partial charge in [-0.05, 0) is 35.4 Å². The van der Waals surface area contributed by atoms with Crippen LogP contribution in [0.1, 0.15) is 31.9 Å². The Hall–Kier alpha value is -2.45. The first-order valence-electron chi connectivity index (χ1n) is 11.3. The number of hydrogen-bond donors (Lipinski definition) is 1. The molecule has 0 radical (unpaired) electrons. The van der Waals surface area contributed by atoms with E-state index in [1.165, 1.54) is 6.92 Å². The van der Waals surface area contributed by atoms with E-state index in [-0.39, 0.29) is 25.1 Å². The lowest BCUT2D eigenvalue weighted by molar-refractivity contribution is -0.148. The Balaban J connectivity index is 1.69. The third kappa shape index (κ3) is 7.53. The molecular weight excluding hydrogens is 527 g/mol. The largest absolute Gasteiger partial charge is 0.490 e. The minimum atomic E-state index is -0.814. The van der Waals surface area contributed by atoms with Crippen molar-refractivity contribution in [2.75, 3.05) is 19.1 Å². The van der Waals surface area contributed by atoms with Crippen molar-refractivity contribution in [2.24, 2.45) is 0 Å². The molecule has 10 heteroatoms. The number of alkyl halides is 1. The number of rotatable bonds is 12. The Labute approximate surface area is 225 Å². The number of imidazole rings is 1. The van der Waals surface area contributed by atoms with Gasteiger partial charge in [-0.15, -0.1) is 11.6 Å². The molecule has 1 N–H and O–H groups in total. The second-order valence-electron chi connectivity index (χ2n) is 8.84. The van der Waals surface area contributed by atoms with Crippen molar-refractivity contribution in [2.45, 2.75) is 44.9 Å². The van der Waals surface area contributed by atoms with Crippen molar-refractivity contribution >= 4 is 40.8 Å². The van der Waals surface area contributed by atoms with E-state index in [1.807, 2.05) is 28.8 Å². The maximum absolute atomic E-state index is 11.5. The molecule has 3 rings (SSSR count). The number of halogens is 3. The van der Waals surface area contributed by atoms with Gasteiger partial charge in [0.1, 0.15) is 25.1 Å². The second kappa shape index (κ2) is 12.7. The zero-order chi connectivity index (χ0) is 26.3. The van der Waals surface area contributed by atoms with Gasteiger partial charge < -0.3 is 23.9 Å². The van der Waals surface area contributed by atoms with Crippen molar-refractivity contribution in [3.05, 3.63) is 76.3 Å². The number of aliphatic hydroxyl groups excluding tert-OH is 1. The summed E-state index contributed by atoms with van der Waals surface area (Å²) in [6.45, 7) is 6.13. The zero-order valence-electron chi connectivity index (χ0n) is 20.3. The first-order chi connectivity index (χ1) is 17.1. The topological polar surface area (TPSA) is 82.8 Å². The highest BCUT2D eigenvalue weighted by Gasteiger charge is 2.26. The Morgan fingerprint density at radius 1 is 1.08 bits per heavy atom. The quantitative estimate of drug-likeness (QED) is 0.235. The fraction of sp³-hybridized carbons (Fsp3) is 0.385. The van der Waals surface area contributed by atoms with E-state index in [0.717, 1.165) is 11.1 Å². The monoisotopic (exact) mass is 554 g/mol. The third-order valence-electron chi connectivity index (χ3n) is 5.64. The molecule has 2 atom stereocenters. The number of aromatic nitrogens is 2. The number of hydrogen-bond acceptors (Lipinski definition) is 6. The number of aliphatic hydroxyl groups is 1. The minimum Gasteiger partial charge on any atom is -0.490 e. The van der Waals surface area contributed by atoms with Crippen LogP contribution in [-0.2, 0) is 21.5 Å². The molecular formula is C26H29Cl3N2O5. The van der Waals surface area contributed by atoms with Gasteiger partial charge in [0.25, 0.3) is 0 Å². The van der Waals surface area contributed by atoms with Crippen LogP contribution in [0.25, 0.3) is 0 Å². The van der Waals surface area contributed by atoms with Gasteiger partial charge in [0.15, 0.2) is 11.9 Å². The van der Waals surface area contributed by atoms with Gasteiger partial charge in [0, 0.05) is 24.7 Å². The lowest BCUT2D eigenvalue weighted by atomic mass is 9.78. The molecule has 2 aromatic carbocycles. The van der Waals surface area contributed by atoms with E-state index in [4.69, 9.17) is 49.0 Å². The lowest BCUT2D eigenvalue weighted by Gasteiger charge is -2.27. The SMILES string of the molecule is CC(=O)O[C@@H](COc1ccc(C(C)(C)c2cc(Cl)c(OC[C@H](O)CCl)c(Cl)c2)cc1)Cn1ccnc1. The minimum absolute atomic E-state index is 0.00617. The Morgan fingerprint density at radius 2 is 1.75 bits per heavy atom. The van der Waals surface area contributed by atoms with Gasteiger partial charge in [-0.1, -0.05) is 49.2 Å². The highest BCUT2D eigenvalue weighted by atomic mass is 35.5. The Morgan fingerprint density at radius 3 is 2.31 bits per heavy atom. The maximum Gasteiger partial charge on any atom is 0.303 e. The Bertz CT molecular complexity index is 1110. The molecule has 7 nitrogen and oxygen atoms in total. The average molecular weight is 556 g/mol. The van der Waals surface area contributed by atoms with Crippen LogP contribution in [0.4, 0.5) is 0 Å². The van der Waals surface area contributed by atoms with Gasteiger partial charge in [-0.3, -0.25) is 4.79 Å². The van der Waals surface area contributed by atoms with Gasteiger partial charge in [0.2, 0.25) is 0 Å². The molecule has 0 fully saturated rings. The predicted octanol–water partition coefficient (Wildman–Crippen LogP) is 5.51. The zero-order valence-corrected chi connectivity index (χ0v) is 22.6. The van der Waals surface area contributed by atoms with Crippen LogP contribution in [0, 0.1) is 0 Å².